The number of fused-ring (bicyclic) bond motifs is 1. The Morgan fingerprint density at radius 3 is 2.46 bits per heavy atom. The summed E-state index contributed by atoms with van der Waals surface area (Å²) in [7, 11) is 0. The van der Waals surface area contributed by atoms with Crippen molar-refractivity contribution in [2.75, 3.05) is 5.32 Å². The molecule has 0 saturated carbocycles. The number of aromatic nitrogens is 3. The van der Waals surface area contributed by atoms with Crippen molar-refractivity contribution in [1.29, 1.82) is 5.26 Å². The molecule has 4 aromatic rings. The third-order valence-corrected chi connectivity index (χ3v) is 4.48. The van der Waals surface area contributed by atoms with Crippen LogP contribution in [0, 0.1) is 25.2 Å². The van der Waals surface area contributed by atoms with Crippen LogP contribution in [0.2, 0.25) is 5.02 Å². The van der Waals surface area contributed by atoms with Gasteiger partial charge in [0.1, 0.15) is 11.3 Å². The lowest BCUT2D eigenvalue weighted by Gasteiger charge is -2.13. The van der Waals surface area contributed by atoms with Crippen LogP contribution >= 0.6 is 11.6 Å². The lowest BCUT2D eigenvalue weighted by atomic mass is 10.1. The summed E-state index contributed by atoms with van der Waals surface area (Å²) < 4.78 is 6.16. The Morgan fingerprint density at radius 1 is 1.07 bits per heavy atom. The Labute approximate surface area is 166 Å². The molecule has 0 bridgehead atoms. The topological polar surface area (TPSA) is 86.6 Å². The van der Waals surface area contributed by atoms with Gasteiger partial charge in [0.15, 0.2) is 0 Å². The summed E-state index contributed by atoms with van der Waals surface area (Å²) in [5, 5.41) is 12.7. The lowest BCUT2D eigenvalue weighted by Crippen LogP contribution is -2.01. The average Bonchev–Trinajstić information content (AvgIpc) is 3.14. The SMILES string of the molecule is Cc1cc(Cl)cc(C)c1Oc1nc(Nc2ccc(C#N)cc2)nc2cc[nH]c12. The third kappa shape index (κ3) is 3.48. The maximum absolute atomic E-state index is 8.93. The molecule has 138 valence electrons. The van der Waals surface area contributed by atoms with E-state index in [1.807, 2.05) is 32.0 Å². The quantitative estimate of drug-likeness (QED) is 0.472. The number of hydrogen-bond donors (Lipinski definition) is 2. The molecule has 0 unspecified atom stereocenters. The molecule has 2 N–H and O–H groups in total. The van der Waals surface area contributed by atoms with Gasteiger partial charge in [-0.2, -0.15) is 10.2 Å². The molecule has 0 amide bonds. The Bertz CT molecular complexity index is 1180. The van der Waals surface area contributed by atoms with Crippen molar-refractivity contribution in [3.63, 3.8) is 0 Å². The second-order valence-electron chi connectivity index (χ2n) is 6.38. The number of aryl methyl sites for hydroxylation is 2. The Morgan fingerprint density at radius 2 is 1.79 bits per heavy atom. The van der Waals surface area contributed by atoms with Crippen LogP contribution in [0.25, 0.3) is 11.0 Å². The molecule has 0 aliphatic carbocycles. The van der Waals surface area contributed by atoms with E-state index < -0.39 is 0 Å². The highest BCUT2D eigenvalue weighted by molar-refractivity contribution is 6.30. The van der Waals surface area contributed by atoms with Crippen LogP contribution in [0.5, 0.6) is 11.6 Å². The molecule has 0 fully saturated rings. The number of anilines is 2. The molecule has 7 heteroatoms. The molecule has 6 nitrogen and oxygen atoms in total. The second kappa shape index (κ2) is 7.22. The number of benzene rings is 2. The molecular formula is C21H16ClN5O. The van der Waals surface area contributed by atoms with Gasteiger partial charge in [-0.1, -0.05) is 11.6 Å². The molecule has 0 atom stereocenters. The van der Waals surface area contributed by atoms with Crippen LogP contribution in [0.1, 0.15) is 16.7 Å². The summed E-state index contributed by atoms with van der Waals surface area (Å²) in [6.45, 7) is 3.88. The number of nitrogens with zero attached hydrogens (tertiary/aromatic N) is 3. The maximum Gasteiger partial charge on any atom is 0.248 e. The molecule has 2 heterocycles. The van der Waals surface area contributed by atoms with Crippen molar-refractivity contribution >= 4 is 34.3 Å². The van der Waals surface area contributed by atoms with Gasteiger partial charge in [0.2, 0.25) is 11.8 Å². The molecular weight excluding hydrogens is 374 g/mol. The first-order chi connectivity index (χ1) is 13.5. The number of H-pyrrole nitrogens is 1. The van der Waals surface area contributed by atoms with Crippen LogP contribution in [-0.4, -0.2) is 15.0 Å². The van der Waals surface area contributed by atoms with E-state index in [0.29, 0.717) is 33.7 Å². The third-order valence-electron chi connectivity index (χ3n) is 4.27. The number of hydrogen-bond acceptors (Lipinski definition) is 5. The van der Waals surface area contributed by atoms with E-state index in [4.69, 9.17) is 21.6 Å². The van der Waals surface area contributed by atoms with E-state index in [0.717, 1.165) is 22.3 Å². The minimum atomic E-state index is 0.399. The van der Waals surface area contributed by atoms with Crippen molar-refractivity contribution in [1.82, 2.24) is 15.0 Å². The van der Waals surface area contributed by atoms with Crippen molar-refractivity contribution in [3.05, 3.63) is 70.4 Å². The second-order valence-corrected chi connectivity index (χ2v) is 6.81. The highest BCUT2D eigenvalue weighted by Gasteiger charge is 2.14. The van der Waals surface area contributed by atoms with E-state index in [-0.39, 0.29) is 0 Å². The Kier molecular flexibility index (Phi) is 4.60. The Hall–Kier alpha value is -3.56. The monoisotopic (exact) mass is 389 g/mol. The van der Waals surface area contributed by atoms with Gasteiger partial charge in [0.05, 0.1) is 17.1 Å². The van der Waals surface area contributed by atoms with Gasteiger partial charge in [-0.15, -0.1) is 0 Å². The highest BCUT2D eigenvalue weighted by Crippen LogP contribution is 2.34. The van der Waals surface area contributed by atoms with Crippen molar-refractivity contribution in [2.45, 2.75) is 13.8 Å². The van der Waals surface area contributed by atoms with Gasteiger partial charge in [-0.05, 0) is 67.4 Å². The average molecular weight is 390 g/mol. The van der Waals surface area contributed by atoms with E-state index >= 15 is 0 Å². The minimum absolute atomic E-state index is 0.399. The van der Waals surface area contributed by atoms with E-state index in [2.05, 4.69) is 26.3 Å². The van der Waals surface area contributed by atoms with Gasteiger partial charge in [-0.3, -0.25) is 0 Å². The fourth-order valence-corrected chi connectivity index (χ4v) is 3.29. The summed E-state index contributed by atoms with van der Waals surface area (Å²) in [6, 6.07) is 14.7. The largest absolute Gasteiger partial charge is 0.436 e. The molecule has 0 spiro atoms. The van der Waals surface area contributed by atoms with E-state index in [1.54, 1.807) is 30.5 Å². The number of halogens is 1. The van der Waals surface area contributed by atoms with Gasteiger partial charge >= 0.3 is 0 Å². The van der Waals surface area contributed by atoms with Gasteiger partial charge in [0.25, 0.3) is 0 Å². The highest BCUT2D eigenvalue weighted by atomic mass is 35.5. The van der Waals surface area contributed by atoms with Crippen LogP contribution in [0.4, 0.5) is 11.6 Å². The summed E-state index contributed by atoms with van der Waals surface area (Å²) >= 11 is 6.12. The predicted molar refractivity (Wildman–Crippen MR) is 109 cm³/mol. The lowest BCUT2D eigenvalue weighted by molar-refractivity contribution is 0.461. The maximum atomic E-state index is 8.93. The summed E-state index contributed by atoms with van der Waals surface area (Å²) in [4.78, 5) is 12.2. The fraction of sp³-hybridized carbons (Fsp3) is 0.0952. The van der Waals surface area contributed by atoms with E-state index in [1.165, 1.54) is 0 Å². The molecule has 0 aliphatic heterocycles. The standard InChI is InChI=1S/C21H16ClN5O/c1-12-9-15(22)10-13(2)19(12)28-20-18-17(7-8-24-18)26-21(27-20)25-16-5-3-14(11-23)4-6-16/h3-10,24H,1-2H3,(H,25,26,27). The number of aromatic amines is 1. The number of rotatable bonds is 4. The van der Waals surface area contributed by atoms with Crippen LogP contribution in [0.3, 0.4) is 0 Å². The van der Waals surface area contributed by atoms with Gasteiger partial charge in [-0.25, -0.2) is 4.98 Å². The normalized spacial score (nSPS) is 10.6. The zero-order valence-corrected chi connectivity index (χ0v) is 16.0. The number of nitrogens with one attached hydrogen (secondary N) is 2. The van der Waals surface area contributed by atoms with Crippen LogP contribution < -0.4 is 10.1 Å². The van der Waals surface area contributed by atoms with Crippen molar-refractivity contribution < 1.29 is 4.74 Å². The predicted octanol–water partition coefficient (Wildman–Crippen LogP) is 5.64. The first-order valence-corrected chi connectivity index (χ1v) is 8.98. The van der Waals surface area contributed by atoms with Crippen molar-refractivity contribution in [3.8, 4) is 17.7 Å². The first kappa shape index (κ1) is 17.8. The van der Waals surface area contributed by atoms with Crippen LogP contribution in [-0.2, 0) is 0 Å². The smallest absolute Gasteiger partial charge is 0.248 e. The molecule has 28 heavy (non-hydrogen) atoms. The fourth-order valence-electron chi connectivity index (χ4n) is 2.96. The molecule has 2 aromatic heterocycles. The summed E-state index contributed by atoms with van der Waals surface area (Å²) in [5.74, 6) is 1.53. The van der Waals surface area contributed by atoms with Gasteiger partial charge in [0, 0.05) is 16.9 Å². The minimum Gasteiger partial charge on any atom is -0.436 e. The number of nitriles is 1. The first-order valence-electron chi connectivity index (χ1n) is 8.60. The molecule has 0 saturated heterocycles. The number of ether oxygens (including phenoxy) is 1. The van der Waals surface area contributed by atoms with Crippen LogP contribution in [0.15, 0.2) is 48.7 Å². The zero-order chi connectivity index (χ0) is 19.7. The molecule has 4 rings (SSSR count). The summed E-state index contributed by atoms with van der Waals surface area (Å²) in [6.07, 6.45) is 1.79. The zero-order valence-electron chi connectivity index (χ0n) is 15.2. The van der Waals surface area contributed by atoms with Gasteiger partial charge < -0.3 is 15.0 Å². The molecule has 0 aliphatic rings. The summed E-state index contributed by atoms with van der Waals surface area (Å²) in [5.41, 5.74) is 4.64. The van der Waals surface area contributed by atoms with Crippen molar-refractivity contribution in [2.24, 2.45) is 0 Å². The van der Waals surface area contributed by atoms with E-state index in [9.17, 15) is 0 Å². The Balaban J connectivity index is 1.72. The molecule has 0 radical (unpaired) electrons. The molecule has 2 aromatic carbocycles.